The molecule has 8 nitrogen and oxygen atoms in total. The van der Waals surface area contributed by atoms with Crippen LogP contribution >= 0.6 is 36.4 Å². The topological polar surface area (TPSA) is 72.0 Å². The molecule has 0 bridgehead atoms. The van der Waals surface area contributed by atoms with Gasteiger partial charge in [-0.3, -0.25) is 0 Å². The van der Waals surface area contributed by atoms with E-state index in [0.29, 0.717) is 40.4 Å². The monoisotopic (exact) mass is 543 g/mol. The molecule has 1 fully saturated rings. The standard InChI is InChI=1S/C24H30ClN5O3.2ClH/c1-29-8-10-30(11-9-29)7-4-12-33-23-15-20-18(14-22(23)32-3)24(27-16-26-20)28-21-13-17(31-2)5-6-19(21)25;;/h5-6,13-16H,4,7-12H2,1-3H3,(H,26,27,28);2*1H. The van der Waals surface area contributed by atoms with Gasteiger partial charge in [-0.2, -0.15) is 0 Å². The lowest BCUT2D eigenvalue weighted by atomic mass is 10.2. The SMILES string of the molecule is COc1ccc(Cl)c(Nc2ncnc3cc(OCCCN4CCN(C)CC4)c(OC)cc23)c1.Cl.Cl. The van der Waals surface area contributed by atoms with Crippen molar-refractivity contribution in [3.8, 4) is 17.2 Å². The first kappa shape index (κ1) is 29.0. The highest BCUT2D eigenvalue weighted by Crippen LogP contribution is 2.36. The van der Waals surface area contributed by atoms with Crippen molar-refractivity contribution < 1.29 is 14.2 Å². The van der Waals surface area contributed by atoms with Crippen LogP contribution in [0.5, 0.6) is 17.2 Å². The summed E-state index contributed by atoms with van der Waals surface area (Å²) in [7, 11) is 5.42. The number of likely N-dealkylation sites (N-methyl/N-ethyl adjacent to an activating group) is 1. The van der Waals surface area contributed by atoms with Gasteiger partial charge in [0.25, 0.3) is 0 Å². The minimum atomic E-state index is 0. The van der Waals surface area contributed by atoms with Crippen LogP contribution in [0, 0.1) is 0 Å². The molecule has 0 spiro atoms. The number of fused-ring (bicyclic) bond motifs is 1. The number of anilines is 2. The van der Waals surface area contributed by atoms with Crippen LogP contribution in [0.2, 0.25) is 5.02 Å². The molecule has 1 aliphatic rings. The number of aromatic nitrogens is 2. The summed E-state index contributed by atoms with van der Waals surface area (Å²) in [6.07, 6.45) is 2.47. The van der Waals surface area contributed by atoms with Crippen molar-refractivity contribution in [3.63, 3.8) is 0 Å². The molecule has 35 heavy (non-hydrogen) atoms. The summed E-state index contributed by atoms with van der Waals surface area (Å²) in [5.41, 5.74) is 1.45. The predicted molar refractivity (Wildman–Crippen MR) is 146 cm³/mol. The Morgan fingerprint density at radius 1 is 0.971 bits per heavy atom. The third-order valence-corrected chi connectivity index (χ3v) is 6.15. The van der Waals surface area contributed by atoms with E-state index < -0.39 is 0 Å². The van der Waals surface area contributed by atoms with Crippen molar-refractivity contribution in [1.29, 1.82) is 0 Å². The molecule has 0 saturated carbocycles. The quantitative estimate of drug-likeness (QED) is 0.381. The largest absolute Gasteiger partial charge is 0.497 e. The molecule has 0 unspecified atom stereocenters. The molecule has 0 aliphatic carbocycles. The lowest BCUT2D eigenvalue weighted by Crippen LogP contribution is -2.44. The second kappa shape index (κ2) is 13.8. The van der Waals surface area contributed by atoms with Gasteiger partial charge >= 0.3 is 0 Å². The third-order valence-electron chi connectivity index (χ3n) is 5.82. The van der Waals surface area contributed by atoms with E-state index in [4.69, 9.17) is 25.8 Å². The molecule has 1 N–H and O–H groups in total. The predicted octanol–water partition coefficient (Wildman–Crippen LogP) is 4.90. The second-order valence-electron chi connectivity index (χ2n) is 8.06. The van der Waals surface area contributed by atoms with Gasteiger partial charge in [0.2, 0.25) is 0 Å². The number of nitrogens with zero attached hydrogens (tertiary/aromatic N) is 4. The zero-order chi connectivity index (χ0) is 23.2. The van der Waals surface area contributed by atoms with Gasteiger partial charge in [-0.15, -0.1) is 24.8 Å². The van der Waals surface area contributed by atoms with Crippen LogP contribution in [-0.2, 0) is 0 Å². The average Bonchev–Trinajstić information content (AvgIpc) is 2.84. The van der Waals surface area contributed by atoms with Crippen LogP contribution < -0.4 is 19.5 Å². The van der Waals surface area contributed by atoms with E-state index in [2.05, 4.69) is 32.1 Å². The van der Waals surface area contributed by atoms with E-state index in [1.54, 1.807) is 20.3 Å². The highest BCUT2D eigenvalue weighted by molar-refractivity contribution is 6.33. The highest BCUT2D eigenvalue weighted by atomic mass is 35.5. The Morgan fingerprint density at radius 3 is 2.46 bits per heavy atom. The minimum absolute atomic E-state index is 0. The number of hydrogen-bond donors (Lipinski definition) is 1. The summed E-state index contributed by atoms with van der Waals surface area (Å²) in [6.45, 7) is 6.11. The fourth-order valence-electron chi connectivity index (χ4n) is 3.83. The van der Waals surface area contributed by atoms with Gasteiger partial charge in [0, 0.05) is 50.2 Å². The molecule has 2 aromatic carbocycles. The minimum Gasteiger partial charge on any atom is -0.497 e. The molecule has 0 radical (unpaired) electrons. The summed E-state index contributed by atoms with van der Waals surface area (Å²) in [6, 6.07) is 9.19. The number of nitrogens with one attached hydrogen (secondary N) is 1. The number of piperazine rings is 1. The van der Waals surface area contributed by atoms with Crippen molar-refractivity contribution in [2.45, 2.75) is 6.42 Å². The summed E-state index contributed by atoms with van der Waals surface area (Å²) in [4.78, 5) is 13.7. The van der Waals surface area contributed by atoms with E-state index in [1.807, 2.05) is 24.3 Å². The number of halogens is 3. The molecule has 1 saturated heterocycles. The maximum Gasteiger partial charge on any atom is 0.163 e. The number of rotatable bonds is 9. The van der Waals surface area contributed by atoms with E-state index >= 15 is 0 Å². The van der Waals surface area contributed by atoms with Gasteiger partial charge in [0.1, 0.15) is 17.9 Å². The Bertz CT molecular complexity index is 1100. The Morgan fingerprint density at radius 2 is 1.74 bits per heavy atom. The highest BCUT2D eigenvalue weighted by Gasteiger charge is 2.15. The lowest BCUT2D eigenvalue weighted by Gasteiger charge is -2.32. The first-order valence-corrected chi connectivity index (χ1v) is 11.4. The summed E-state index contributed by atoms with van der Waals surface area (Å²) >= 11 is 6.36. The molecule has 11 heteroatoms. The third kappa shape index (κ3) is 7.38. The average molecular weight is 545 g/mol. The van der Waals surface area contributed by atoms with Gasteiger partial charge in [0.15, 0.2) is 11.5 Å². The number of methoxy groups -OCH3 is 2. The first-order valence-electron chi connectivity index (χ1n) is 11.0. The number of hydrogen-bond acceptors (Lipinski definition) is 8. The van der Waals surface area contributed by atoms with Crippen molar-refractivity contribution in [2.24, 2.45) is 0 Å². The van der Waals surface area contributed by atoms with E-state index in [-0.39, 0.29) is 24.8 Å². The normalized spacial score (nSPS) is 14.1. The Balaban J connectivity index is 0.00000216. The zero-order valence-corrected chi connectivity index (χ0v) is 22.5. The van der Waals surface area contributed by atoms with Crippen molar-refractivity contribution in [3.05, 3.63) is 41.7 Å². The maximum atomic E-state index is 6.36. The number of ether oxygens (including phenoxy) is 3. The van der Waals surface area contributed by atoms with Crippen LogP contribution in [0.15, 0.2) is 36.7 Å². The molecular formula is C24H32Cl3N5O3. The maximum absolute atomic E-state index is 6.36. The molecule has 0 atom stereocenters. The van der Waals surface area contributed by atoms with Gasteiger partial charge < -0.3 is 29.3 Å². The second-order valence-corrected chi connectivity index (χ2v) is 8.47. The molecule has 0 amide bonds. The summed E-state index contributed by atoms with van der Waals surface area (Å²) in [5, 5.41) is 4.65. The molecule has 3 aromatic rings. The molecule has 1 aromatic heterocycles. The molecule has 2 heterocycles. The van der Waals surface area contributed by atoms with Crippen molar-refractivity contribution >= 4 is 58.8 Å². The fraction of sp³-hybridized carbons (Fsp3) is 0.417. The molecule has 1 aliphatic heterocycles. The molecular weight excluding hydrogens is 513 g/mol. The van der Waals surface area contributed by atoms with Crippen LogP contribution in [-0.4, -0.2) is 80.4 Å². The molecule has 4 rings (SSSR count). The van der Waals surface area contributed by atoms with E-state index in [9.17, 15) is 0 Å². The van der Waals surface area contributed by atoms with Crippen LogP contribution in [0.3, 0.4) is 0 Å². The first-order chi connectivity index (χ1) is 16.1. The number of benzene rings is 2. The summed E-state index contributed by atoms with van der Waals surface area (Å²) < 4.78 is 17.0. The Kier molecular flexibility index (Phi) is 11.4. The van der Waals surface area contributed by atoms with Gasteiger partial charge in [-0.05, 0) is 31.7 Å². The van der Waals surface area contributed by atoms with E-state index in [1.165, 1.54) is 6.33 Å². The van der Waals surface area contributed by atoms with Crippen molar-refractivity contribution in [1.82, 2.24) is 19.8 Å². The van der Waals surface area contributed by atoms with Gasteiger partial charge in [-0.25, -0.2) is 9.97 Å². The zero-order valence-electron chi connectivity index (χ0n) is 20.1. The fourth-order valence-corrected chi connectivity index (χ4v) is 4.00. The molecule has 192 valence electrons. The Labute approximate surface area is 223 Å². The van der Waals surface area contributed by atoms with Crippen LogP contribution in [0.4, 0.5) is 11.5 Å². The van der Waals surface area contributed by atoms with Gasteiger partial charge in [0.05, 0.1) is 37.1 Å². The van der Waals surface area contributed by atoms with Crippen LogP contribution in [0.1, 0.15) is 6.42 Å². The van der Waals surface area contributed by atoms with E-state index in [0.717, 1.165) is 50.0 Å². The van der Waals surface area contributed by atoms with Crippen LogP contribution in [0.25, 0.3) is 10.9 Å². The summed E-state index contributed by atoms with van der Waals surface area (Å²) in [5.74, 6) is 2.63. The lowest BCUT2D eigenvalue weighted by molar-refractivity contribution is 0.145. The van der Waals surface area contributed by atoms with Crippen molar-refractivity contribution in [2.75, 3.05) is 65.9 Å². The smallest absolute Gasteiger partial charge is 0.163 e. The Hall–Kier alpha value is -2.23. The van der Waals surface area contributed by atoms with Gasteiger partial charge in [-0.1, -0.05) is 11.6 Å².